The molecular weight excluding hydrogens is 396 g/mol. The summed E-state index contributed by atoms with van der Waals surface area (Å²) in [6, 6.07) is 11.1. The van der Waals surface area contributed by atoms with Crippen LogP contribution in [0.5, 0.6) is 0 Å². The largest absolute Gasteiger partial charge is 0.330 e. The van der Waals surface area contributed by atoms with Crippen molar-refractivity contribution in [3.8, 4) is 11.6 Å². The zero-order valence-electron chi connectivity index (χ0n) is 16.4. The van der Waals surface area contributed by atoms with E-state index in [1.165, 1.54) is 6.20 Å². The fraction of sp³-hybridized carbons (Fsp3) is 0.0476. The molecule has 31 heavy (non-hydrogen) atoms. The van der Waals surface area contributed by atoms with Gasteiger partial charge in [-0.2, -0.15) is 4.98 Å². The maximum atomic E-state index is 12.8. The van der Waals surface area contributed by atoms with Crippen LogP contribution in [-0.2, 0) is 0 Å². The van der Waals surface area contributed by atoms with Crippen LogP contribution >= 0.6 is 0 Å². The van der Waals surface area contributed by atoms with E-state index in [1.807, 2.05) is 37.3 Å². The van der Waals surface area contributed by atoms with E-state index >= 15 is 0 Å². The lowest BCUT2D eigenvalue weighted by Crippen LogP contribution is -2.15. The van der Waals surface area contributed by atoms with Gasteiger partial charge in [-0.3, -0.25) is 14.2 Å². The maximum absolute atomic E-state index is 12.8. The van der Waals surface area contributed by atoms with E-state index in [2.05, 4.69) is 35.7 Å². The van der Waals surface area contributed by atoms with Crippen LogP contribution in [0.2, 0.25) is 0 Å². The van der Waals surface area contributed by atoms with Crippen LogP contribution in [0.3, 0.4) is 0 Å². The summed E-state index contributed by atoms with van der Waals surface area (Å²) in [5.74, 6) is 0.260. The summed E-state index contributed by atoms with van der Waals surface area (Å²) in [5, 5.41) is 9.92. The van der Waals surface area contributed by atoms with Gasteiger partial charge in [0.25, 0.3) is 17.7 Å². The minimum absolute atomic E-state index is 0.254. The van der Waals surface area contributed by atoms with Gasteiger partial charge in [-0.05, 0) is 41.9 Å². The molecule has 0 saturated carbocycles. The zero-order valence-corrected chi connectivity index (χ0v) is 16.4. The third kappa shape index (κ3) is 3.69. The number of imidazole rings is 1. The fourth-order valence-corrected chi connectivity index (χ4v) is 3.04. The molecule has 0 saturated heterocycles. The maximum Gasteiger partial charge on any atom is 0.279 e. The van der Waals surface area contributed by atoms with Crippen LogP contribution in [0.4, 0.5) is 17.3 Å². The molecular formula is C21H16N8O2. The number of pyridine rings is 1. The predicted octanol–water partition coefficient (Wildman–Crippen LogP) is 3.48. The Hall–Kier alpha value is -4.60. The highest BCUT2D eigenvalue weighted by molar-refractivity contribution is 6.04. The van der Waals surface area contributed by atoms with Crippen LogP contribution in [-0.4, -0.2) is 35.4 Å². The minimum atomic E-state index is -0.261. The van der Waals surface area contributed by atoms with E-state index in [1.54, 1.807) is 35.3 Å². The van der Waals surface area contributed by atoms with Gasteiger partial charge in [0, 0.05) is 30.0 Å². The van der Waals surface area contributed by atoms with Crippen molar-refractivity contribution in [3.05, 3.63) is 78.6 Å². The molecule has 0 unspecified atom stereocenters. The van der Waals surface area contributed by atoms with E-state index in [9.17, 15) is 4.79 Å². The molecule has 5 aromatic rings. The monoisotopic (exact) mass is 412 g/mol. The molecule has 0 radical (unpaired) electrons. The number of fused-ring (bicyclic) bond motifs is 1. The molecule has 0 aliphatic carbocycles. The van der Waals surface area contributed by atoms with Crippen molar-refractivity contribution in [1.29, 1.82) is 0 Å². The molecule has 5 rings (SSSR count). The molecule has 0 aliphatic rings. The Morgan fingerprint density at radius 3 is 2.90 bits per heavy atom. The quantitative estimate of drug-likeness (QED) is 0.450. The molecule has 0 aliphatic heterocycles. The van der Waals surface area contributed by atoms with Crippen molar-refractivity contribution in [2.24, 2.45) is 0 Å². The number of benzene rings is 1. The van der Waals surface area contributed by atoms with Crippen LogP contribution in [0, 0.1) is 6.92 Å². The zero-order chi connectivity index (χ0) is 21.2. The molecule has 4 aromatic heterocycles. The normalized spacial score (nSPS) is 10.9. The van der Waals surface area contributed by atoms with Crippen molar-refractivity contribution in [1.82, 2.24) is 29.5 Å². The van der Waals surface area contributed by atoms with Gasteiger partial charge in [-0.25, -0.2) is 9.97 Å². The molecule has 2 N–H and O–H groups in total. The summed E-state index contributed by atoms with van der Waals surface area (Å²) in [5.41, 5.74) is 3.87. The molecule has 4 heterocycles. The molecule has 0 fully saturated rings. The Morgan fingerprint density at radius 1 is 1.10 bits per heavy atom. The number of hydrogen-bond acceptors (Lipinski definition) is 8. The number of amides is 1. The van der Waals surface area contributed by atoms with Gasteiger partial charge < -0.3 is 15.2 Å². The minimum Gasteiger partial charge on any atom is -0.330 e. The lowest BCUT2D eigenvalue weighted by Gasteiger charge is -2.10. The van der Waals surface area contributed by atoms with Gasteiger partial charge in [-0.15, -0.1) is 0 Å². The highest BCUT2D eigenvalue weighted by Gasteiger charge is 2.14. The third-order valence-electron chi connectivity index (χ3n) is 4.60. The molecule has 0 atom stereocenters. The van der Waals surface area contributed by atoms with E-state index in [0.717, 1.165) is 5.56 Å². The third-order valence-corrected chi connectivity index (χ3v) is 4.60. The number of rotatable bonds is 5. The van der Waals surface area contributed by atoms with Crippen LogP contribution in [0.1, 0.15) is 16.1 Å². The number of carbonyl (C=O) groups excluding carboxylic acids is 1. The first-order chi connectivity index (χ1) is 15.2. The van der Waals surface area contributed by atoms with Crippen molar-refractivity contribution >= 4 is 28.9 Å². The molecule has 152 valence electrons. The van der Waals surface area contributed by atoms with Crippen LogP contribution in [0.15, 0.2) is 71.9 Å². The summed E-state index contributed by atoms with van der Waals surface area (Å²) in [7, 11) is 0. The average Bonchev–Trinajstić information content (AvgIpc) is 3.44. The van der Waals surface area contributed by atoms with Crippen LogP contribution < -0.4 is 10.6 Å². The number of anilines is 3. The van der Waals surface area contributed by atoms with Gasteiger partial charge >= 0.3 is 0 Å². The summed E-state index contributed by atoms with van der Waals surface area (Å²) < 4.78 is 6.96. The Morgan fingerprint density at radius 2 is 2.03 bits per heavy atom. The summed E-state index contributed by atoms with van der Waals surface area (Å²) >= 11 is 0. The number of nitrogens with zero attached hydrogens (tertiary/aromatic N) is 6. The van der Waals surface area contributed by atoms with E-state index in [4.69, 9.17) is 4.52 Å². The highest BCUT2D eigenvalue weighted by Crippen LogP contribution is 2.24. The fourth-order valence-electron chi connectivity index (χ4n) is 3.04. The Bertz CT molecular complexity index is 1380. The topological polar surface area (TPSA) is 123 Å². The van der Waals surface area contributed by atoms with Crippen molar-refractivity contribution < 1.29 is 9.32 Å². The molecule has 0 spiro atoms. The second-order valence-electron chi connectivity index (χ2n) is 6.69. The summed E-state index contributed by atoms with van der Waals surface area (Å²) in [4.78, 5) is 29.5. The first-order valence-electron chi connectivity index (χ1n) is 9.38. The lowest BCUT2D eigenvalue weighted by molar-refractivity contribution is 0.102. The second-order valence-corrected chi connectivity index (χ2v) is 6.69. The predicted molar refractivity (Wildman–Crippen MR) is 113 cm³/mol. The van der Waals surface area contributed by atoms with Crippen molar-refractivity contribution in [2.45, 2.75) is 6.92 Å². The van der Waals surface area contributed by atoms with Crippen molar-refractivity contribution in [3.63, 3.8) is 0 Å². The van der Waals surface area contributed by atoms with E-state index in [-0.39, 0.29) is 17.7 Å². The number of hydrogen-bond donors (Lipinski definition) is 2. The van der Waals surface area contributed by atoms with Gasteiger partial charge in [0.05, 0.1) is 12.4 Å². The molecule has 0 bridgehead atoms. The first-order valence-corrected chi connectivity index (χ1v) is 9.38. The van der Waals surface area contributed by atoms with Gasteiger partial charge in [0.15, 0.2) is 0 Å². The Labute approximate surface area is 176 Å². The summed E-state index contributed by atoms with van der Waals surface area (Å²) in [6.45, 7) is 1.91. The van der Waals surface area contributed by atoms with E-state index in [0.29, 0.717) is 28.4 Å². The smallest absolute Gasteiger partial charge is 0.279 e. The first kappa shape index (κ1) is 18.4. The van der Waals surface area contributed by atoms with Crippen LogP contribution in [0.25, 0.3) is 17.2 Å². The van der Waals surface area contributed by atoms with Gasteiger partial charge in [0.1, 0.15) is 17.0 Å². The number of carbonyl (C=O) groups is 1. The van der Waals surface area contributed by atoms with Crippen molar-refractivity contribution in [2.75, 3.05) is 10.6 Å². The van der Waals surface area contributed by atoms with Gasteiger partial charge in [-0.1, -0.05) is 12.1 Å². The average molecular weight is 412 g/mol. The molecule has 10 heteroatoms. The Kier molecular flexibility index (Phi) is 4.56. The molecule has 1 aromatic carbocycles. The highest BCUT2D eigenvalue weighted by atomic mass is 16.5. The standard InChI is InChI=1S/C21H16N8O2/c1-13-5-6-14(25-21-27-20(31-28-21)16-11-22-7-8-23-16)10-15(13)26-19(30)17-12-24-18-4-2-3-9-29(17)18/h2-12H,1H3,(H,25,28)(H,26,30). The number of nitrogens with one attached hydrogen (secondary N) is 2. The number of aromatic nitrogens is 6. The SMILES string of the molecule is Cc1ccc(Nc2noc(-c3cnccn3)n2)cc1NC(=O)c1cnc2ccccn12. The number of aryl methyl sites for hydroxylation is 1. The molecule has 1 amide bonds. The second kappa shape index (κ2) is 7.67. The van der Waals surface area contributed by atoms with E-state index < -0.39 is 0 Å². The summed E-state index contributed by atoms with van der Waals surface area (Å²) in [6.07, 6.45) is 8.00. The molecule has 10 nitrogen and oxygen atoms in total. The van der Waals surface area contributed by atoms with Gasteiger partial charge in [0.2, 0.25) is 0 Å². The Balaban J connectivity index is 1.36. The lowest BCUT2D eigenvalue weighted by atomic mass is 10.1.